The third-order valence-corrected chi connectivity index (χ3v) is 5.85. The monoisotopic (exact) mass is 456 g/mol. The molecular formula is C19H17FN8OS2. The lowest BCUT2D eigenvalue weighted by Gasteiger charge is -2.10. The van der Waals surface area contributed by atoms with Gasteiger partial charge in [0, 0.05) is 5.69 Å². The van der Waals surface area contributed by atoms with E-state index in [2.05, 4.69) is 35.8 Å². The van der Waals surface area contributed by atoms with Crippen molar-refractivity contribution in [1.82, 2.24) is 25.1 Å². The molecule has 0 amide bonds. The van der Waals surface area contributed by atoms with Crippen molar-refractivity contribution in [1.29, 1.82) is 0 Å². The van der Waals surface area contributed by atoms with Crippen LogP contribution < -0.4 is 21.1 Å². The van der Waals surface area contributed by atoms with E-state index < -0.39 is 0 Å². The standard InChI is InChI=1S/C19H17FN8OS2/c1-29-14-5-3-2-4-13(14)23-17-25-15(24-16(21)26-17)10-30-19-28-27-18(31-19)22-12-8-6-11(20)7-9-12/h2-9H,10H2,1H3,(H,22,27)(H3,21,23,24,25,26). The molecule has 0 spiro atoms. The molecule has 9 nitrogen and oxygen atoms in total. The van der Waals surface area contributed by atoms with E-state index in [9.17, 15) is 4.39 Å². The fraction of sp³-hybridized carbons (Fsp3) is 0.105. The van der Waals surface area contributed by atoms with E-state index in [1.165, 1.54) is 35.2 Å². The van der Waals surface area contributed by atoms with E-state index >= 15 is 0 Å². The first-order valence-electron chi connectivity index (χ1n) is 8.98. The Kier molecular flexibility index (Phi) is 6.38. The molecule has 4 rings (SSSR count). The molecule has 4 aromatic rings. The van der Waals surface area contributed by atoms with Crippen LogP contribution in [0.2, 0.25) is 0 Å². The number of nitrogens with one attached hydrogen (secondary N) is 2. The van der Waals surface area contributed by atoms with Crippen molar-refractivity contribution in [3.63, 3.8) is 0 Å². The highest BCUT2D eigenvalue weighted by Gasteiger charge is 2.11. The molecule has 0 radical (unpaired) electrons. The van der Waals surface area contributed by atoms with Gasteiger partial charge in [-0.2, -0.15) is 15.0 Å². The maximum atomic E-state index is 13.0. The van der Waals surface area contributed by atoms with E-state index in [0.29, 0.717) is 28.4 Å². The van der Waals surface area contributed by atoms with Gasteiger partial charge in [-0.3, -0.25) is 0 Å². The van der Waals surface area contributed by atoms with Crippen LogP contribution >= 0.6 is 23.1 Å². The fourth-order valence-electron chi connectivity index (χ4n) is 2.53. The van der Waals surface area contributed by atoms with Crippen LogP contribution in [0.4, 0.5) is 32.8 Å². The van der Waals surface area contributed by atoms with Crippen LogP contribution in [0.5, 0.6) is 5.75 Å². The number of aromatic nitrogens is 5. The first-order valence-corrected chi connectivity index (χ1v) is 10.8. The van der Waals surface area contributed by atoms with E-state index in [-0.39, 0.29) is 11.8 Å². The van der Waals surface area contributed by atoms with E-state index in [0.717, 1.165) is 15.7 Å². The summed E-state index contributed by atoms with van der Waals surface area (Å²) in [5.74, 6) is 1.72. The molecule has 0 unspecified atom stereocenters. The quantitative estimate of drug-likeness (QED) is 0.332. The Morgan fingerprint density at radius 2 is 1.84 bits per heavy atom. The predicted octanol–water partition coefficient (Wildman–Crippen LogP) is 4.23. The van der Waals surface area contributed by atoms with Crippen LogP contribution in [-0.2, 0) is 5.75 Å². The van der Waals surface area contributed by atoms with Crippen molar-refractivity contribution in [2.45, 2.75) is 10.1 Å². The minimum absolute atomic E-state index is 0.110. The van der Waals surface area contributed by atoms with Crippen LogP contribution in [0.15, 0.2) is 52.9 Å². The molecule has 0 aliphatic heterocycles. The summed E-state index contributed by atoms with van der Waals surface area (Å²) in [7, 11) is 1.59. The smallest absolute Gasteiger partial charge is 0.232 e. The Morgan fingerprint density at radius 1 is 1.03 bits per heavy atom. The number of thioether (sulfide) groups is 1. The molecule has 12 heteroatoms. The number of rotatable bonds is 8. The molecule has 31 heavy (non-hydrogen) atoms. The van der Waals surface area contributed by atoms with Crippen molar-refractivity contribution in [3.8, 4) is 5.75 Å². The van der Waals surface area contributed by atoms with Gasteiger partial charge in [-0.15, -0.1) is 10.2 Å². The zero-order chi connectivity index (χ0) is 21.6. The van der Waals surface area contributed by atoms with Gasteiger partial charge in [-0.25, -0.2) is 4.39 Å². The van der Waals surface area contributed by atoms with Gasteiger partial charge in [0.1, 0.15) is 17.4 Å². The van der Waals surface area contributed by atoms with Gasteiger partial charge < -0.3 is 21.1 Å². The predicted molar refractivity (Wildman–Crippen MR) is 120 cm³/mol. The number of nitrogens with two attached hydrogens (primary N) is 1. The van der Waals surface area contributed by atoms with Crippen LogP contribution in [0.3, 0.4) is 0 Å². The molecule has 4 N–H and O–H groups in total. The maximum absolute atomic E-state index is 13.0. The highest BCUT2D eigenvalue weighted by molar-refractivity contribution is 8.00. The first-order chi connectivity index (χ1) is 15.1. The molecule has 158 valence electrons. The van der Waals surface area contributed by atoms with Gasteiger partial charge in [0.25, 0.3) is 0 Å². The molecule has 0 saturated carbocycles. The molecule has 2 heterocycles. The van der Waals surface area contributed by atoms with Gasteiger partial charge in [0.05, 0.1) is 18.6 Å². The molecule has 0 aliphatic rings. The summed E-state index contributed by atoms with van der Waals surface area (Å²) < 4.78 is 19.1. The number of nitrogens with zero attached hydrogens (tertiary/aromatic N) is 5. The largest absolute Gasteiger partial charge is 0.495 e. The second kappa shape index (κ2) is 9.53. The average molecular weight is 457 g/mol. The number of benzene rings is 2. The third-order valence-electron chi connectivity index (χ3n) is 3.88. The van der Waals surface area contributed by atoms with Crippen LogP contribution in [0.1, 0.15) is 5.82 Å². The van der Waals surface area contributed by atoms with Crippen LogP contribution in [-0.4, -0.2) is 32.3 Å². The summed E-state index contributed by atoms with van der Waals surface area (Å²) in [5.41, 5.74) is 7.29. The lowest BCUT2D eigenvalue weighted by Crippen LogP contribution is -2.07. The molecule has 0 atom stereocenters. The van der Waals surface area contributed by atoms with Crippen molar-refractivity contribution in [2.75, 3.05) is 23.5 Å². The Bertz CT molecular complexity index is 1170. The lowest BCUT2D eigenvalue weighted by atomic mass is 10.3. The number of nitrogen functional groups attached to an aromatic ring is 1. The second-order valence-electron chi connectivity index (χ2n) is 6.05. The highest BCUT2D eigenvalue weighted by atomic mass is 32.2. The SMILES string of the molecule is COc1ccccc1Nc1nc(N)nc(CSc2nnc(Nc3ccc(F)cc3)s2)n1. The summed E-state index contributed by atoms with van der Waals surface area (Å²) in [6.07, 6.45) is 0. The molecule has 2 aromatic heterocycles. The number of methoxy groups -OCH3 is 1. The van der Waals surface area contributed by atoms with Crippen molar-refractivity contribution in [3.05, 3.63) is 60.2 Å². The van der Waals surface area contributed by atoms with Crippen LogP contribution in [0, 0.1) is 5.82 Å². The molecule has 0 aliphatic carbocycles. The Balaban J connectivity index is 1.41. The van der Waals surface area contributed by atoms with Crippen molar-refractivity contribution >= 4 is 51.5 Å². The number of ether oxygens (including phenoxy) is 1. The molecule has 0 bridgehead atoms. The maximum Gasteiger partial charge on any atom is 0.232 e. The van der Waals surface area contributed by atoms with E-state index in [1.807, 2.05) is 24.3 Å². The Labute approximate surface area is 185 Å². The zero-order valence-corrected chi connectivity index (χ0v) is 17.9. The van der Waals surface area contributed by atoms with Gasteiger partial charge in [0.2, 0.25) is 17.0 Å². The number of hydrogen-bond acceptors (Lipinski definition) is 11. The summed E-state index contributed by atoms with van der Waals surface area (Å²) in [6.45, 7) is 0. The number of halogens is 1. The number of para-hydroxylation sites is 2. The summed E-state index contributed by atoms with van der Waals surface area (Å²) in [6, 6.07) is 13.4. The number of anilines is 5. The van der Waals surface area contributed by atoms with Crippen molar-refractivity contribution in [2.24, 2.45) is 0 Å². The minimum atomic E-state index is -0.296. The average Bonchev–Trinajstić information content (AvgIpc) is 3.21. The Morgan fingerprint density at radius 3 is 2.65 bits per heavy atom. The van der Waals surface area contributed by atoms with Gasteiger partial charge in [-0.05, 0) is 36.4 Å². The summed E-state index contributed by atoms with van der Waals surface area (Å²) in [4.78, 5) is 12.7. The van der Waals surface area contributed by atoms with Gasteiger partial charge in [-0.1, -0.05) is 35.2 Å². The van der Waals surface area contributed by atoms with Crippen molar-refractivity contribution < 1.29 is 9.13 Å². The molecular weight excluding hydrogens is 439 g/mol. The van der Waals surface area contributed by atoms with Crippen LogP contribution in [0.25, 0.3) is 0 Å². The fourth-order valence-corrected chi connectivity index (χ4v) is 4.16. The molecule has 0 saturated heterocycles. The second-order valence-corrected chi connectivity index (χ2v) is 8.25. The lowest BCUT2D eigenvalue weighted by molar-refractivity contribution is 0.417. The van der Waals surface area contributed by atoms with E-state index in [4.69, 9.17) is 10.5 Å². The van der Waals surface area contributed by atoms with Gasteiger partial charge >= 0.3 is 0 Å². The minimum Gasteiger partial charge on any atom is -0.495 e. The van der Waals surface area contributed by atoms with Gasteiger partial charge in [0.15, 0.2) is 4.34 Å². The summed E-state index contributed by atoms with van der Waals surface area (Å²) in [5, 5.41) is 15.0. The Hall–Kier alpha value is -3.51. The summed E-state index contributed by atoms with van der Waals surface area (Å²) >= 11 is 2.79. The third kappa shape index (κ3) is 5.55. The number of hydrogen-bond donors (Lipinski definition) is 3. The molecule has 2 aromatic carbocycles. The topological polar surface area (TPSA) is 124 Å². The first kappa shape index (κ1) is 20.8. The zero-order valence-electron chi connectivity index (χ0n) is 16.2. The molecule has 0 fully saturated rings. The van der Waals surface area contributed by atoms with E-state index in [1.54, 1.807) is 19.2 Å². The normalized spacial score (nSPS) is 10.6. The highest BCUT2D eigenvalue weighted by Crippen LogP contribution is 2.30.